The molecule has 0 unspecified atom stereocenters. The van der Waals surface area contributed by atoms with Gasteiger partial charge in [0.1, 0.15) is 0 Å². The average Bonchev–Trinajstić information content (AvgIpc) is 2.58. The zero-order valence-electron chi connectivity index (χ0n) is 10.9. The van der Waals surface area contributed by atoms with Gasteiger partial charge >= 0.3 is 0 Å². The lowest BCUT2D eigenvalue weighted by Gasteiger charge is -2.38. The number of nitrogens with zero attached hydrogens (tertiary/aromatic N) is 2. The molecular formula is C13H24N2S2. The Kier molecular flexibility index (Phi) is 5.74. The van der Waals surface area contributed by atoms with Crippen molar-refractivity contribution in [2.75, 3.05) is 55.7 Å². The van der Waals surface area contributed by atoms with Crippen LogP contribution in [-0.4, -0.2) is 71.6 Å². The van der Waals surface area contributed by atoms with Crippen LogP contribution < -0.4 is 0 Å². The van der Waals surface area contributed by atoms with Crippen LogP contribution in [0.2, 0.25) is 0 Å². The molecule has 0 aromatic rings. The smallest absolute Gasteiger partial charge is 0.0278 e. The van der Waals surface area contributed by atoms with Gasteiger partial charge in [-0.1, -0.05) is 12.2 Å². The molecule has 4 heteroatoms. The van der Waals surface area contributed by atoms with Crippen molar-refractivity contribution in [3.63, 3.8) is 0 Å². The highest BCUT2D eigenvalue weighted by Crippen LogP contribution is 2.21. The van der Waals surface area contributed by atoms with E-state index in [0.717, 1.165) is 12.6 Å². The van der Waals surface area contributed by atoms with Crippen LogP contribution in [0.5, 0.6) is 0 Å². The van der Waals surface area contributed by atoms with Gasteiger partial charge in [0.15, 0.2) is 0 Å². The van der Waals surface area contributed by atoms with Gasteiger partial charge in [-0.15, -0.1) is 0 Å². The third-order valence-electron chi connectivity index (χ3n) is 3.41. The van der Waals surface area contributed by atoms with Crippen molar-refractivity contribution in [3.05, 3.63) is 12.2 Å². The second kappa shape index (κ2) is 7.07. The van der Waals surface area contributed by atoms with E-state index < -0.39 is 0 Å². The number of thioether (sulfide) groups is 2. The summed E-state index contributed by atoms with van der Waals surface area (Å²) in [4.78, 5) is 5.25. The Morgan fingerprint density at radius 3 is 2.24 bits per heavy atom. The normalized spacial score (nSPS) is 25.7. The molecule has 0 aromatic heterocycles. The lowest BCUT2D eigenvalue weighted by Crippen LogP contribution is -2.51. The van der Waals surface area contributed by atoms with E-state index in [9.17, 15) is 0 Å². The van der Waals surface area contributed by atoms with E-state index in [1.807, 2.05) is 0 Å². The number of hydrogen-bond donors (Lipinski definition) is 0. The molecule has 2 heterocycles. The van der Waals surface area contributed by atoms with Crippen LogP contribution >= 0.6 is 23.5 Å². The van der Waals surface area contributed by atoms with Gasteiger partial charge in [-0.3, -0.25) is 9.80 Å². The van der Waals surface area contributed by atoms with Crippen LogP contribution in [0.1, 0.15) is 6.92 Å². The van der Waals surface area contributed by atoms with Gasteiger partial charge < -0.3 is 0 Å². The quantitative estimate of drug-likeness (QED) is 0.725. The summed E-state index contributed by atoms with van der Waals surface area (Å²) in [6.07, 6.45) is 0. The fraction of sp³-hybridized carbons (Fsp3) is 0.846. The molecule has 2 rings (SSSR count). The van der Waals surface area contributed by atoms with E-state index in [-0.39, 0.29) is 0 Å². The van der Waals surface area contributed by atoms with E-state index >= 15 is 0 Å². The topological polar surface area (TPSA) is 6.48 Å². The number of piperazine rings is 1. The maximum Gasteiger partial charge on any atom is 0.0278 e. The predicted octanol–water partition coefficient (Wildman–Crippen LogP) is 2.03. The molecule has 0 N–H and O–H groups in total. The minimum atomic E-state index is 0.819. The van der Waals surface area contributed by atoms with Crippen molar-refractivity contribution < 1.29 is 0 Å². The summed E-state index contributed by atoms with van der Waals surface area (Å²) in [6.45, 7) is 12.2. The summed E-state index contributed by atoms with van der Waals surface area (Å²) >= 11 is 4.28. The lowest BCUT2D eigenvalue weighted by atomic mass is 10.2. The minimum absolute atomic E-state index is 0.819. The fourth-order valence-electron chi connectivity index (χ4n) is 2.48. The maximum absolute atomic E-state index is 4.01. The summed E-state index contributed by atoms with van der Waals surface area (Å²) < 4.78 is 0. The Labute approximate surface area is 114 Å². The molecule has 2 fully saturated rings. The zero-order valence-corrected chi connectivity index (χ0v) is 12.5. The Hall–Kier alpha value is 0.360. The Morgan fingerprint density at radius 1 is 1.12 bits per heavy atom. The molecule has 0 radical (unpaired) electrons. The van der Waals surface area contributed by atoms with Crippen LogP contribution in [0.3, 0.4) is 0 Å². The zero-order chi connectivity index (χ0) is 12.1. The molecule has 0 atom stereocenters. The van der Waals surface area contributed by atoms with Gasteiger partial charge in [-0.05, 0) is 6.92 Å². The molecule has 0 aromatic carbocycles. The van der Waals surface area contributed by atoms with Crippen LogP contribution in [0.25, 0.3) is 0 Å². The summed E-state index contributed by atoms with van der Waals surface area (Å²) in [5.41, 5.74) is 1.29. The first kappa shape index (κ1) is 13.8. The summed E-state index contributed by atoms with van der Waals surface area (Å²) in [6, 6.07) is 0.819. The molecule has 0 aliphatic carbocycles. The highest BCUT2D eigenvalue weighted by Gasteiger charge is 2.24. The highest BCUT2D eigenvalue weighted by molar-refractivity contribution is 8.03. The molecule has 2 aliphatic rings. The van der Waals surface area contributed by atoms with Crippen LogP contribution in [0, 0.1) is 0 Å². The van der Waals surface area contributed by atoms with E-state index in [1.165, 1.54) is 54.8 Å². The standard InChI is InChI=1S/C13H24N2S2/c1-12(2)9-14-3-5-15(6-4-14)13-10-16-7-8-17-11-13/h13H,1,3-11H2,2H3. The van der Waals surface area contributed by atoms with Crippen molar-refractivity contribution in [3.8, 4) is 0 Å². The molecule has 17 heavy (non-hydrogen) atoms. The van der Waals surface area contributed by atoms with Gasteiger partial charge in [0.2, 0.25) is 0 Å². The number of hydrogen-bond acceptors (Lipinski definition) is 4. The fourth-order valence-corrected chi connectivity index (χ4v) is 5.11. The molecule has 0 bridgehead atoms. The van der Waals surface area contributed by atoms with Crippen LogP contribution in [0.15, 0.2) is 12.2 Å². The van der Waals surface area contributed by atoms with Crippen LogP contribution in [0.4, 0.5) is 0 Å². The monoisotopic (exact) mass is 272 g/mol. The first-order valence-electron chi connectivity index (χ1n) is 6.52. The van der Waals surface area contributed by atoms with Gasteiger partial charge in [-0.2, -0.15) is 23.5 Å². The van der Waals surface area contributed by atoms with Crippen LogP contribution in [-0.2, 0) is 0 Å². The predicted molar refractivity (Wildman–Crippen MR) is 81.3 cm³/mol. The second-order valence-corrected chi connectivity index (χ2v) is 7.37. The summed E-state index contributed by atoms with van der Waals surface area (Å²) in [5, 5.41) is 0. The first-order chi connectivity index (χ1) is 8.25. The second-order valence-electron chi connectivity index (χ2n) is 5.07. The molecule has 0 amide bonds. The van der Waals surface area contributed by atoms with Gasteiger partial charge in [0.25, 0.3) is 0 Å². The lowest BCUT2D eigenvalue weighted by molar-refractivity contribution is 0.118. The third kappa shape index (κ3) is 4.51. The molecular weight excluding hydrogens is 248 g/mol. The summed E-state index contributed by atoms with van der Waals surface area (Å²) in [7, 11) is 0. The first-order valence-corrected chi connectivity index (χ1v) is 8.83. The largest absolute Gasteiger partial charge is 0.297 e. The van der Waals surface area contributed by atoms with Crippen molar-refractivity contribution in [2.45, 2.75) is 13.0 Å². The average molecular weight is 272 g/mol. The van der Waals surface area contributed by atoms with Crippen molar-refractivity contribution in [2.24, 2.45) is 0 Å². The number of rotatable bonds is 3. The third-order valence-corrected chi connectivity index (χ3v) is 5.89. The van der Waals surface area contributed by atoms with Crippen molar-refractivity contribution >= 4 is 23.5 Å². The molecule has 0 saturated carbocycles. The Morgan fingerprint density at radius 2 is 1.71 bits per heavy atom. The van der Waals surface area contributed by atoms with E-state index in [0.29, 0.717) is 0 Å². The van der Waals surface area contributed by atoms with E-state index in [2.05, 4.69) is 46.8 Å². The Balaban J connectivity index is 1.75. The van der Waals surface area contributed by atoms with Gasteiger partial charge in [0.05, 0.1) is 0 Å². The van der Waals surface area contributed by atoms with E-state index in [4.69, 9.17) is 0 Å². The Bertz CT molecular complexity index is 242. The maximum atomic E-state index is 4.01. The highest BCUT2D eigenvalue weighted by atomic mass is 32.2. The van der Waals surface area contributed by atoms with Gasteiger partial charge in [-0.25, -0.2) is 0 Å². The van der Waals surface area contributed by atoms with Gasteiger partial charge in [0, 0.05) is 61.8 Å². The molecule has 98 valence electrons. The SMILES string of the molecule is C=C(C)CN1CCN(C2CSCCSC2)CC1. The molecule has 2 saturated heterocycles. The van der Waals surface area contributed by atoms with Crippen molar-refractivity contribution in [1.29, 1.82) is 0 Å². The van der Waals surface area contributed by atoms with E-state index in [1.54, 1.807) is 0 Å². The molecule has 2 aliphatic heterocycles. The minimum Gasteiger partial charge on any atom is -0.297 e. The molecule has 2 nitrogen and oxygen atoms in total. The van der Waals surface area contributed by atoms with Crippen molar-refractivity contribution in [1.82, 2.24) is 9.80 Å². The molecule has 0 spiro atoms. The summed E-state index contributed by atoms with van der Waals surface area (Å²) in [5.74, 6) is 5.37.